The highest BCUT2D eigenvalue weighted by Gasteiger charge is 2.38. The lowest BCUT2D eigenvalue weighted by atomic mass is 9.86. The summed E-state index contributed by atoms with van der Waals surface area (Å²) in [6.45, 7) is 3.63. The molecule has 184 valence electrons. The van der Waals surface area contributed by atoms with Gasteiger partial charge in [0.15, 0.2) is 11.5 Å². The molecule has 0 aromatic carbocycles. The fraction of sp³-hybridized carbons (Fsp3) is 0.571. The fourth-order valence-electron chi connectivity index (χ4n) is 4.23. The van der Waals surface area contributed by atoms with Gasteiger partial charge in [-0.1, -0.05) is 0 Å². The molecule has 10 nitrogen and oxygen atoms in total. The molecular weight excluding hydrogens is 453 g/mol. The molecule has 13 heteroatoms. The van der Waals surface area contributed by atoms with Crippen LogP contribution in [0, 0.1) is 6.92 Å². The van der Waals surface area contributed by atoms with E-state index < -0.39 is 17.9 Å². The molecule has 0 radical (unpaired) electrons. The van der Waals surface area contributed by atoms with Gasteiger partial charge in [0.25, 0.3) is 0 Å². The largest absolute Gasteiger partial charge is 0.434 e. The average Bonchev–Trinajstić information content (AvgIpc) is 2.75. The highest BCUT2D eigenvalue weighted by atomic mass is 19.4. The van der Waals surface area contributed by atoms with Gasteiger partial charge >= 0.3 is 6.18 Å². The maximum absolute atomic E-state index is 12.7. The van der Waals surface area contributed by atoms with Crippen LogP contribution in [0.2, 0.25) is 0 Å². The van der Waals surface area contributed by atoms with E-state index in [1.165, 1.54) is 0 Å². The van der Waals surface area contributed by atoms with Gasteiger partial charge in [0.1, 0.15) is 17.5 Å². The van der Waals surface area contributed by atoms with E-state index in [1.54, 1.807) is 33.0 Å². The third-order valence-corrected chi connectivity index (χ3v) is 6.44. The molecule has 1 saturated carbocycles. The molecule has 2 N–H and O–H groups in total. The van der Waals surface area contributed by atoms with Gasteiger partial charge < -0.3 is 25.2 Å². The van der Waals surface area contributed by atoms with Gasteiger partial charge in [-0.25, -0.2) is 15.0 Å². The average molecular weight is 480 g/mol. The minimum atomic E-state index is -4.51. The second kappa shape index (κ2) is 8.85. The Labute approximate surface area is 194 Å². The molecule has 0 bridgehead atoms. The van der Waals surface area contributed by atoms with E-state index in [0.717, 1.165) is 25.2 Å². The highest BCUT2D eigenvalue weighted by molar-refractivity contribution is 6.03. The van der Waals surface area contributed by atoms with Crippen molar-refractivity contribution in [2.24, 2.45) is 0 Å². The molecule has 2 atom stereocenters. The molecule has 2 unspecified atom stereocenters. The van der Waals surface area contributed by atoms with E-state index in [1.807, 2.05) is 11.8 Å². The first-order chi connectivity index (χ1) is 16.0. The van der Waals surface area contributed by atoms with E-state index in [9.17, 15) is 18.0 Å². The van der Waals surface area contributed by atoms with E-state index in [-0.39, 0.29) is 24.1 Å². The number of hydrogen-bond donors (Lipinski definition) is 2. The number of aromatic nitrogens is 4. The number of hydrogen-bond acceptors (Lipinski definition) is 9. The lowest BCUT2D eigenvalue weighted by molar-refractivity contribution is -0.141. The van der Waals surface area contributed by atoms with Crippen molar-refractivity contribution in [3.63, 3.8) is 0 Å². The number of aryl methyl sites for hydroxylation is 1. The molecule has 0 spiro atoms. The van der Waals surface area contributed by atoms with Gasteiger partial charge in [0, 0.05) is 33.3 Å². The fourth-order valence-corrected chi connectivity index (χ4v) is 4.23. The van der Waals surface area contributed by atoms with Crippen LogP contribution in [0.3, 0.4) is 0 Å². The number of methoxy groups -OCH3 is 1. The van der Waals surface area contributed by atoms with Gasteiger partial charge in [0.2, 0.25) is 11.9 Å². The Kier molecular flexibility index (Phi) is 6.23. The smallest absolute Gasteiger partial charge is 0.379 e. The summed E-state index contributed by atoms with van der Waals surface area (Å²) >= 11 is 0. The normalized spacial score (nSPS) is 23.0. The first-order valence-electron chi connectivity index (χ1n) is 10.8. The molecule has 2 aliphatic rings. The van der Waals surface area contributed by atoms with Crippen LogP contribution in [0.15, 0.2) is 12.4 Å². The molecule has 0 saturated heterocycles. The third kappa shape index (κ3) is 4.43. The number of nitrogens with zero attached hydrogens (tertiary/aromatic N) is 6. The van der Waals surface area contributed by atoms with Crippen molar-refractivity contribution in [3.8, 4) is 0 Å². The molecule has 1 fully saturated rings. The minimum Gasteiger partial charge on any atom is -0.379 e. The van der Waals surface area contributed by atoms with Crippen LogP contribution in [-0.2, 0) is 15.7 Å². The number of likely N-dealkylation sites (N-methyl/N-ethyl adjacent to an activating group) is 1. The van der Waals surface area contributed by atoms with E-state index in [2.05, 4.69) is 30.6 Å². The first kappa shape index (κ1) is 23.9. The number of amides is 1. The Hall–Kier alpha value is -3.22. The van der Waals surface area contributed by atoms with Crippen LogP contribution in [-0.4, -0.2) is 71.3 Å². The first-order valence-corrected chi connectivity index (χ1v) is 10.8. The minimum absolute atomic E-state index is 0.0875. The van der Waals surface area contributed by atoms with Crippen molar-refractivity contribution in [1.29, 1.82) is 0 Å². The van der Waals surface area contributed by atoms with Gasteiger partial charge in [-0.2, -0.15) is 18.2 Å². The molecule has 1 amide bonds. The summed E-state index contributed by atoms with van der Waals surface area (Å²) in [5, 5.41) is 6.20. The predicted molar refractivity (Wildman–Crippen MR) is 120 cm³/mol. The Bertz CT molecular complexity index is 1060. The third-order valence-electron chi connectivity index (χ3n) is 6.44. The van der Waals surface area contributed by atoms with Crippen molar-refractivity contribution < 1.29 is 22.7 Å². The van der Waals surface area contributed by atoms with Crippen LogP contribution in [0.5, 0.6) is 0 Å². The summed E-state index contributed by atoms with van der Waals surface area (Å²) < 4.78 is 43.5. The van der Waals surface area contributed by atoms with E-state index in [4.69, 9.17) is 4.74 Å². The van der Waals surface area contributed by atoms with Crippen molar-refractivity contribution in [3.05, 3.63) is 23.8 Å². The topological polar surface area (TPSA) is 108 Å². The van der Waals surface area contributed by atoms with Crippen LogP contribution in [0.4, 0.5) is 36.4 Å². The maximum Gasteiger partial charge on any atom is 0.434 e. The number of carbonyl (C=O) groups excluding carboxylic acids is 1. The molecule has 1 aliphatic carbocycles. The Balaban J connectivity index is 1.41. The second-order valence-electron chi connectivity index (χ2n) is 8.65. The van der Waals surface area contributed by atoms with Gasteiger partial charge in [-0.05, 0) is 26.7 Å². The SMILES string of the molecule is COC(C)C1C(=O)Nc2c(C)nc(NC3CC(N(C)c4cnc(C(F)(F)F)cn4)C3)nc2N1C. The highest BCUT2D eigenvalue weighted by Crippen LogP contribution is 2.35. The summed E-state index contributed by atoms with van der Waals surface area (Å²) in [6.07, 6.45) is -1.50. The van der Waals surface area contributed by atoms with Crippen molar-refractivity contribution in [2.45, 2.75) is 57.1 Å². The summed E-state index contributed by atoms with van der Waals surface area (Å²) in [5.74, 6) is 1.26. The zero-order valence-corrected chi connectivity index (χ0v) is 19.5. The zero-order valence-electron chi connectivity index (χ0n) is 19.5. The molecular formula is C21H27F3N8O2. The lowest BCUT2D eigenvalue weighted by Gasteiger charge is -2.42. The molecule has 4 rings (SSSR count). The quantitative estimate of drug-likeness (QED) is 0.645. The van der Waals surface area contributed by atoms with Gasteiger partial charge in [-0.3, -0.25) is 4.79 Å². The number of ether oxygens (including phenoxy) is 1. The number of carbonyl (C=O) groups is 1. The second-order valence-corrected chi connectivity index (χ2v) is 8.65. The number of fused-ring (bicyclic) bond motifs is 1. The van der Waals surface area contributed by atoms with E-state index in [0.29, 0.717) is 29.0 Å². The van der Waals surface area contributed by atoms with Crippen molar-refractivity contribution in [1.82, 2.24) is 19.9 Å². The van der Waals surface area contributed by atoms with Gasteiger partial charge in [-0.15, -0.1) is 0 Å². The predicted octanol–water partition coefficient (Wildman–Crippen LogP) is 2.46. The number of anilines is 4. The number of alkyl halides is 3. The Morgan fingerprint density at radius 1 is 1.26 bits per heavy atom. The summed E-state index contributed by atoms with van der Waals surface area (Å²) in [5.41, 5.74) is 0.204. The monoisotopic (exact) mass is 480 g/mol. The van der Waals surface area contributed by atoms with Crippen LogP contribution >= 0.6 is 0 Å². The van der Waals surface area contributed by atoms with Crippen LogP contribution < -0.4 is 20.4 Å². The lowest BCUT2D eigenvalue weighted by Crippen LogP contribution is -2.53. The number of rotatable bonds is 6. The molecule has 2 aromatic rings. The number of halogens is 3. The number of nitrogens with one attached hydrogen (secondary N) is 2. The van der Waals surface area contributed by atoms with Gasteiger partial charge in [0.05, 0.1) is 24.2 Å². The van der Waals surface area contributed by atoms with Crippen molar-refractivity contribution >= 4 is 29.2 Å². The Morgan fingerprint density at radius 2 is 1.97 bits per heavy atom. The van der Waals surface area contributed by atoms with Crippen LogP contribution in [0.25, 0.3) is 0 Å². The zero-order chi connectivity index (χ0) is 24.8. The van der Waals surface area contributed by atoms with Crippen molar-refractivity contribution in [2.75, 3.05) is 41.6 Å². The molecule has 2 aromatic heterocycles. The molecule has 34 heavy (non-hydrogen) atoms. The molecule has 3 heterocycles. The summed E-state index contributed by atoms with van der Waals surface area (Å²) in [4.78, 5) is 32.7. The Morgan fingerprint density at radius 3 is 2.56 bits per heavy atom. The van der Waals surface area contributed by atoms with Crippen LogP contribution in [0.1, 0.15) is 31.2 Å². The summed E-state index contributed by atoms with van der Waals surface area (Å²) in [7, 11) is 5.14. The maximum atomic E-state index is 12.7. The summed E-state index contributed by atoms with van der Waals surface area (Å²) in [6, 6.07) is -0.341. The molecule has 1 aliphatic heterocycles. The van der Waals surface area contributed by atoms with E-state index >= 15 is 0 Å². The standard InChI is InChI=1S/C21H27F3N8O2/c1-10-16-18(32(4)17(11(2)34-5)19(33)29-16)30-20(27-10)28-12-6-13(7-12)31(3)15-9-25-14(8-26-15)21(22,23)24/h8-9,11-13,17H,6-7H2,1-5H3,(H,29,33)(H,27,28,30).